The third-order valence-corrected chi connectivity index (χ3v) is 5.19. The molecular formula is C22H17BrN4. The molecular weight excluding hydrogens is 400 g/mol. The highest BCUT2D eigenvalue weighted by molar-refractivity contribution is 9.10. The van der Waals surface area contributed by atoms with E-state index in [1.165, 1.54) is 10.8 Å². The van der Waals surface area contributed by atoms with Crippen LogP contribution in [0.2, 0.25) is 0 Å². The molecule has 0 atom stereocenters. The minimum Gasteiger partial charge on any atom is -0.383 e. The third-order valence-electron chi connectivity index (χ3n) is 4.66. The van der Waals surface area contributed by atoms with Gasteiger partial charge in [0.1, 0.15) is 17.5 Å². The van der Waals surface area contributed by atoms with Crippen molar-refractivity contribution in [3.8, 4) is 6.07 Å². The van der Waals surface area contributed by atoms with Crippen molar-refractivity contribution in [1.29, 1.82) is 5.26 Å². The Hall–Kier alpha value is -3.10. The number of fused-ring (bicyclic) bond motifs is 1. The van der Waals surface area contributed by atoms with Crippen LogP contribution in [0.1, 0.15) is 22.4 Å². The van der Waals surface area contributed by atoms with E-state index < -0.39 is 0 Å². The lowest BCUT2D eigenvalue weighted by atomic mass is 10.0. The molecule has 5 heteroatoms. The van der Waals surface area contributed by atoms with Gasteiger partial charge >= 0.3 is 0 Å². The van der Waals surface area contributed by atoms with Gasteiger partial charge in [-0.1, -0.05) is 70.5 Å². The molecule has 0 radical (unpaired) electrons. The number of hydrogen-bond acceptors (Lipinski definition) is 3. The molecule has 0 aliphatic heterocycles. The van der Waals surface area contributed by atoms with Crippen LogP contribution in [0, 0.1) is 11.3 Å². The Kier molecular flexibility index (Phi) is 4.66. The van der Waals surface area contributed by atoms with Crippen molar-refractivity contribution in [1.82, 2.24) is 9.78 Å². The SMILES string of the molecule is N#Cc1c(Cc2ccc(Br)cc2)nn(Cc2cccc3ccccc23)c1N. The molecule has 0 fully saturated rings. The average molecular weight is 417 g/mol. The molecule has 0 aliphatic rings. The van der Waals surface area contributed by atoms with Crippen LogP contribution >= 0.6 is 15.9 Å². The summed E-state index contributed by atoms with van der Waals surface area (Å²) >= 11 is 3.44. The molecule has 0 bridgehead atoms. The van der Waals surface area contributed by atoms with Gasteiger partial charge < -0.3 is 5.73 Å². The maximum Gasteiger partial charge on any atom is 0.140 e. The van der Waals surface area contributed by atoms with Gasteiger partial charge in [0.25, 0.3) is 0 Å². The second-order valence-corrected chi connectivity index (χ2v) is 7.33. The van der Waals surface area contributed by atoms with Crippen molar-refractivity contribution in [3.63, 3.8) is 0 Å². The Bertz CT molecular complexity index is 1150. The fourth-order valence-electron chi connectivity index (χ4n) is 3.28. The summed E-state index contributed by atoms with van der Waals surface area (Å²) < 4.78 is 2.75. The van der Waals surface area contributed by atoms with Crippen LogP contribution in [0.4, 0.5) is 5.82 Å². The molecule has 1 heterocycles. The average Bonchev–Trinajstić information content (AvgIpc) is 2.98. The molecule has 3 aromatic carbocycles. The van der Waals surface area contributed by atoms with Gasteiger partial charge in [0, 0.05) is 10.9 Å². The summed E-state index contributed by atoms with van der Waals surface area (Å²) in [5, 5.41) is 16.6. The van der Waals surface area contributed by atoms with E-state index >= 15 is 0 Å². The zero-order valence-electron chi connectivity index (χ0n) is 14.6. The number of aromatic nitrogens is 2. The molecule has 0 spiro atoms. The normalized spacial score (nSPS) is 10.8. The van der Waals surface area contributed by atoms with Gasteiger partial charge in [-0.25, -0.2) is 4.68 Å². The lowest BCUT2D eigenvalue weighted by Crippen LogP contribution is -2.07. The lowest BCUT2D eigenvalue weighted by Gasteiger charge is -2.08. The Morgan fingerprint density at radius 1 is 1.00 bits per heavy atom. The summed E-state index contributed by atoms with van der Waals surface area (Å²) in [4.78, 5) is 0. The number of rotatable bonds is 4. The molecule has 4 rings (SSSR count). The molecule has 27 heavy (non-hydrogen) atoms. The summed E-state index contributed by atoms with van der Waals surface area (Å²) in [6.45, 7) is 0.530. The number of nitrogens with zero attached hydrogens (tertiary/aromatic N) is 3. The summed E-state index contributed by atoms with van der Waals surface area (Å²) in [6, 6.07) is 24.7. The standard InChI is InChI=1S/C22H17BrN4/c23-18-10-8-15(9-11-18)12-21-20(13-24)22(25)27(26-21)14-17-6-3-5-16-4-1-2-7-19(16)17/h1-11H,12,14,25H2. The molecule has 0 saturated carbocycles. The second-order valence-electron chi connectivity index (χ2n) is 6.42. The van der Waals surface area contributed by atoms with Crippen molar-refractivity contribution in [3.05, 3.63) is 93.6 Å². The first-order valence-electron chi connectivity index (χ1n) is 8.62. The molecule has 2 N–H and O–H groups in total. The summed E-state index contributed by atoms with van der Waals surface area (Å²) in [5.74, 6) is 0.414. The lowest BCUT2D eigenvalue weighted by molar-refractivity contribution is 0.688. The van der Waals surface area contributed by atoms with E-state index in [0.717, 1.165) is 15.6 Å². The van der Waals surface area contributed by atoms with E-state index in [1.54, 1.807) is 4.68 Å². The van der Waals surface area contributed by atoms with Gasteiger partial charge in [-0.2, -0.15) is 10.4 Å². The van der Waals surface area contributed by atoms with E-state index in [-0.39, 0.29) is 0 Å². The third kappa shape index (κ3) is 3.44. The fraction of sp³-hybridized carbons (Fsp3) is 0.0909. The highest BCUT2D eigenvalue weighted by Crippen LogP contribution is 2.24. The molecule has 0 aliphatic carbocycles. The van der Waals surface area contributed by atoms with Gasteiger partial charge in [0.05, 0.1) is 12.2 Å². The maximum atomic E-state index is 9.58. The highest BCUT2D eigenvalue weighted by atomic mass is 79.9. The van der Waals surface area contributed by atoms with Crippen molar-refractivity contribution in [2.24, 2.45) is 0 Å². The van der Waals surface area contributed by atoms with Gasteiger partial charge in [-0.15, -0.1) is 0 Å². The summed E-state index contributed by atoms with van der Waals surface area (Å²) in [7, 11) is 0. The van der Waals surface area contributed by atoms with Crippen molar-refractivity contribution in [2.75, 3.05) is 5.73 Å². The summed E-state index contributed by atoms with van der Waals surface area (Å²) in [5.41, 5.74) is 9.63. The van der Waals surface area contributed by atoms with Crippen molar-refractivity contribution in [2.45, 2.75) is 13.0 Å². The predicted octanol–water partition coefficient (Wildman–Crippen LogP) is 4.89. The first-order valence-corrected chi connectivity index (χ1v) is 9.41. The fourth-order valence-corrected chi connectivity index (χ4v) is 3.54. The number of nitriles is 1. The van der Waals surface area contributed by atoms with Crippen LogP contribution in [0.15, 0.2) is 71.2 Å². The Morgan fingerprint density at radius 3 is 2.52 bits per heavy atom. The van der Waals surface area contributed by atoms with Crippen LogP contribution in [-0.2, 0) is 13.0 Å². The summed E-state index contributed by atoms with van der Waals surface area (Å²) in [6.07, 6.45) is 0.572. The topological polar surface area (TPSA) is 67.6 Å². The smallest absolute Gasteiger partial charge is 0.140 e. The van der Waals surface area contributed by atoms with Crippen molar-refractivity contribution >= 4 is 32.5 Å². The van der Waals surface area contributed by atoms with Crippen LogP contribution in [0.5, 0.6) is 0 Å². The molecule has 1 aromatic heterocycles. The molecule has 0 saturated heterocycles. The number of hydrogen-bond donors (Lipinski definition) is 1. The molecule has 4 nitrogen and oxygen atoms in total. The zero-order chi connectivity index (χ0) is 18.8. The predicted molar refractivity (Wildman–Crippen MR) is 111 cm³/mol. The van der Waals surface area contributed by atoms with E-state index in [0.29, 0.717) is 30.0 Å². The van der Waals surface area contributed by atoms with Crippen LogP contribution in [0.3, 0.4) is 0 Å². The minimum absolute atomic E-state index is 0.414. The second kappa shape index (κ2) is 7.26. The maximum absolute atomic E-state index is 9.58. The monoisotopic (exact) mass is 416 g/mol. The number of anilines is 1. The first-order chi connectivity index (χ1) is 13.2. The molecule has 132 valence electrons. The molecule has 0 amide bonds. The van der Waals surface area contributed by atoms with Gasteiger partial charge in [0.2, 0.25) is 0 Å². The zero-order valence-corrected chi connectivity index (χ0v) is 16.1. The highest BCUT2D eigenvalue weighted by Gasteiger charge is 2.16. The van der Waals surface area contributed by atoms with Gasteiger partial charge in [0.15, 0.2) is 0 Å². The van der Waals surface area contributed by atoms with Crippen LogP contribution in [-0.4, -0.2) is 9.78 Å². The van der Waals surface area contributed by atoms with Crippen LogP contribution in [0.25, 0.3) is 10.8 Å². The molecule has 4 aromatic rings. The van der Waals surface area contributed by atoms with Gasteiger partial charge in [-0.05, 0) is 34.0 Å². The first kappa shape index (κ1) is 17.3. The Morgan fingerprint density at radius 2 is 1.74 bits per heavy atom. The number of nitrogen functional groups attached to an aromatic ring is 1. The van der Waals surface area contributed by atoms with E-state index in [4.69, 9.17) is 5.73 Å². The number of halogens is 1. The quantitative estimate of drug-likeness (QED) is 0.514. The van der Waals surface area contributed by atoms with E-state index in [9.17, 15) is 5.26 Å². The Labute approximate surface area is 166 Å². The van der Waals surface area contributed by atoms with Gasteiger partial charge in [-0.3, -0.25) is 0 Å². The number of nitrogens with two attached hydrogens (primary N) is 1. The van der Waals surface area contributed by atoms with Crippen molar-refractivity contribution < 1.29 is 0 Å². The van der Waals surface area contributed by atoms with E-state index in [1.807, 2.05) is 42.5 Å². The molecule has 0 unspecified atom stereocenters. The largest absolute Gasteiger partial charge is 0.383 e. The van der Waals surface area contributed by atoms with Crippen LogP contribution < -0.4 is 5.73 Å². The minimum atomic E-state index is 0.414. The number of benzene rings is 3. The Balaban J connectivity index is 1.70. The van der Waals surface area contributed by atoms with E-state index in [2.05, 4.69) is 51.4 Å².